The number of benzene rings is 1. The fourth-order valence-electron chi connectivity index (χ4n) is 4.01. The lowest BCUT2D eigenvalue weighted by Gasteiger charge is -2.38. The number of amides is 1. The van der Waals surface area contributed by atoms with Gasteiger partial charge in [-0.05, 0) is 37.1 Å². The molecule has 0 N–H and O–H groups in total. The van der Waals surface area contributed by atoms with Crippen LogP contribution in [0.4, 0.5) is 11.5 Å². The van der Waals surface area contributed by atoms with Crippen molar-refractivity contribution in [1.82, 2.24) is 4.98 Å². The van der Waals surface area contributed by atoms with Gasteiger partial charge in [-0.2, -0.15) is 0 Å². The number of aromatic nitrogens is 1. The second-order valence-electron chi connectivity index (χ2n) is 7.14. The van der Waals surface area contributed by atoms with Crippen molar-refractivity contribution in [3.8, 4) is 0 Å². The molecule has 0 saturated carbocycles. The number of para-hydroxylation sites is 1. The van der Waals surface area contributed by atoms with Gasteiger partial charge in [-0.15, -0.1) is 0 Å². The lowest BCUT2D eigenvalue weighted by atomic mass is 10.1. The van der Waals surface area contributed by atoms with Crippen molar-refractivity contribution in [2.24, 2.45) is 0 Å². The van der Waals surface area contributed by atoms with Gasteiger partial charge >= 0.3 is 0 Å². The third-order valence-corrected chi connectivity index (χ3v) is 5.13. The molecule has 6 nitrogen and oxygen atoms in total. The summed E-state index contributed by atoms with van der Waals surface area (Å²) in [7, 11) is 1.67. The lowest BCUT2D eigenvalue weighted by Crippen LogP contribution is -2.49. The van der Waals surface area contributed by atoms with E-state index in [0.717, 1.165) is 17.9 Å². The highest BCUT2D eigenvalue weighted by atomic mass is 16.5. The fraction of sp³-hybridized carbons (Fsp3) is 0.429. The third kappa shape index (κ3) is 3.55. The van der Waals surface area contributed by atoms with Crippen LogP contribution in [0.3, 0.4) is 0 Å². The minimum absolute atomic E-state index is 0.00508. The number of hydrogen-bond acceptors (Lipinski definition) is 5. The Labute approximate surface area is 159 Å². The molecule has 2 atom stereocenters. The van der Waals surface area contributed by atoms with Crippen LogP contribution in [0, 0.1) is 0 Å². The van der Waals surface area contributed by atoms with Crippen LogP contribution in [-0.2, 0) is 15.9 Å². The predicted octanol–water partition coefficient (Wildman–Crippen LogP) is 2.52. The number of anilines is 2. The predicted molar refractivity (Wildman–Crippen MR) is 104 cm³/mol. The molecule has 142 valence electrons. The molecule has 2 aliphatic rings. The number of rotatable bonds is 4. The number of methoxy groups -OCH3 is 1. The Balaban J connectivity index is 1.63. The van der Waals surface area contributed by atoms with Crippen molar-refractivity contribution in [3.05, 3.63) is 53.7 Å². The number of carbonyl (C=O) groups is 1. The molecule has 1 fully saturated rings. The zero-order valence-electron chi connectivity index (χ0n) is 15.8. The van der Waals surface area contributed by atoms with Gasteiger partial charge in [-0.3, -0.25) is 4.79 Å². The Bertz CT molecular complexity index is 826. The second-order valence-corrected chi connectivity index (χ2v) is 7.14. The van der Waals surface area contributed by atoms with Crippen molar-refractivity contribution in [3.63, 3.8) is 0 Å². The molecule has 6 heteroatoms. The van der Waals surface area contributed by atoms with Crippen LogP contribution in [0.15, 0.2) is 42.6 Å². The molecule has 2 aromatic rings. The summed E-state index contributed by atoms with van der Waals surface area (Å²) in [5.41, 5.74) is 2.86. The summed E-state index contributed by atoms with van der Waals surface area (Å²) >= 11 is 0. The number of ether oxygens (including phenoxy) is 2. The Morgan fingerprint density at radius 2 is 2.11 bits per heavy atom. The van der Waals surface area contributed by atoms with E-state index in [4.69, 9.17) is 9.47 Å². The number of hydrogen-bond donors (Lipinski definition) is 0. The summed E-state index contributed by atoms with van der Waals surface area (Å²) in [5, 5.41) is 0. The number of nitrogens with zero attached hydrogens (tertiary/aromatic N) is 3. The van der Waals surface area contributed by atoms with Gasteiger partial charge in [0.05, 0.1) is 24.4 Å². The van der Waals surface area contributed by atoms with Gasteiger partial charge in [0.15, 0.2) is 0 Å². The van der Waals surface area contributed by atoms with Crippen LogP contribution in [0.25, 0.3) is 0 Å². The minimum Gasteiger partial charge on any atom is -0.382 e. The highest BCUT2D eigenvalue weighted by molar-refractivity contribution is 6.10. The number of pyridine rings is 1. The molecule has 0 bridgehead atoms. The van der Waals surface area contributed by atoms with E-state index in [0.29, 0.717) is 31.8 Å². The quantitative estimate of drug-likeness (QED) is 0.831. The van der Waals surface area contributed by atoms with Gasteiger partial charge in [0.1, 0.15) is 5.82 Å². The molecular weight excluding hydrogens is 342 g/mol. The average Bonchev–Trinajstić information content (AvgIpc) is 3.11. The third-order valence-electron chi connectivity index (χ3n) is 5.13. The highest BCUT2D eigenvalue weighted by Crippen LogP contribution is 2.31. The Hall–Kier alpha value is -2.44. The molecular formula is C21H25N3O3. The second kappa shape index (κ2) is 7.66. The number of fused-ring (bicyclic) bond motifs is 1. The molecule has 27 heavy (non-hydrogen) atoms. The van der Waals surface area contributed by atoms with Crippen LogP contribution in [0.5, 0.6) is 0 Å². The summed E-state index contributed by atoms with van der Waals surface area (Å²) in [6, 6.07) is 11.8. The van der Waals surface area contributed by atoms with E-state index in [1.807, 2.05) is 42.2 Å². The maximum Gasteiger partial charge on any atom is 0.262 e. The van der Waals surface area contributed by atoms with Crippen LogP contribution >= 0.6 is 0 Å². The van der Waals surface area contributed by atoms with Gasteiger partial charge in [0, 0.05) is 38.6 Å². The summed E-state index contributed by atoms with van der Waals surface area (Å²) in [5.74, 6) is 0.730. The smallest absolute Gasteiger partial charge is 0.262 e. The van der Waals surface area contributed by atoms with Gasteiger partial charge in [-0.1, -0.05) is 18.2 Å². The van der Waals surface area contributed by atoms with E-state index >= 15 is 0 Å². The first kappa shape index (κ1) is 17.9. The number of carbonyl (C=O) groups excluding carboxylic acids is 1. The summed E-state index contributed by atoms with van der Waals surface area (Å²) in [6.45, 7) is 4.63. The molecule has 1 aromatic carbocycles. The van der Waals surface area contributed by atoms with Crippen molar-refractivity contribution >= 4 is 17.4 Å². The van der Waals surface area contributed by atoms with E-state index < -0.39 is 0 Å². The zero-order valence-corrected chi connectivity index (χ0v) is 15.8. The first-order valence-corrected chi connectivity index (χ1v) is 9.41. The van der Waals surface area contributed by atoms with Crippen LogP contribution in [0.1, 0.15) is 22.8 Å². The standard InChI is InChI=1S/C21H25N3O3/c1-15-12-23(13-17(27-15)14-26-2)20-18(7-5-10-22-20)21(25)24-11-9-16-6-3-4-8-19(16)24/h3-8,10,15,17H,9,11-14H2,1-2H3. The van der Waals surface area contributed by atoms with Crippen molar-refractivity contribution in [2.45, 2.75) is 25.6 Å². The van der Waals surface area contributed by atoms with Crippen molar-refractivity contribution in [2.75, 3.05) is 43.2 Å². The number of morpholine rings is 1. The molecule has 4 rings (SSSR count). The molecule has 2 unspecified atom stereocenters. The van der Waals surface area contributed by atoms with Gasteiger partial charge in [0.2, 0.25) is 0 Å². The normalized spacial score (nSPS) is 22.0. The SMILES string of the molecule is COCC1CN(c2ncccc2C(=O)N2CCc3ccccc32)CC(C)O1. The Morgan fingerprint density at radius 3 is 2.96 bits per heavy atom. The van der Waals surface area contributed by atoms with Crippen molar-refractivity contribution in [1.29, 1.82) is 0 Å². The van der Waals surface area contributed by atoms with Crippen LogP contribution < -0.4 is 9.80 Å². The van der Waals surface area contributed by atoms with E-state index in [1.165, 1.54) is 5.56 Å². The van der Waals surface area contributed by atoms with Gasteiger partial charge < -0.3 is 19.3 Å². The first-order valence-electron chi connectivity index (χ1n) is 9.41. The Kier molecular flexibility index (Phi) is 5.09. The topological polar surface area (TPSA) is 54.9 Å². The molecule has 3 heterocycles. The summed E-state index contributed by atoms with van der Waals surface area (Å²) in [6.07, 6.45) is 2.66. The maximum atomic E-state index is 13.4. The minimum atomic E-state index is -0.0313. The van der Waals surface area contributed by atoms with Gasteiger partial charge in [-0.25, -0.2) is 4.98 Å². The average molecular weight is 367 g/mol. The zero-order chi connectivity index (χ0) is 18.8. The monoisotopic (exact) mass is 367 g/mol. The van der Waals surface area contributed by atoms with Crippen LogP contribution in [0.2, 0.25) is 0 Å². The first-order chi connectivity index (χ1) is 13.2. The molecule has 1 amide bonds. The summed E-state index contributed by atoms with van der Waals surface area (Å²) < 4.78 is 11.2. The van der Waals surface area contributed by atoms with Crippen molar-refractivity contribution < 1.29 is 14.3 Å². The molecule has 1 aromatic heterocycles. The van der Waals surface area contributed by atoms with E-state index in [2.05, 4.69) is 16.0 Å². The molecule has 0 aliphatic carbocycles. The van der Waals surface area contributed by atoms with Gasteiger partial charge in [0.25, 0.3) is 5.91 Å². The molecule has 0 radical (unpaired) electrons. The summed E-state index contributed by atoms with van der Waals surface area (Å²) in [4.78, 5) is 21.9. The van der Waals surface area contributed by atoms with E-state index in [9.17, 15) is 4.79 Å². The van der Waals surface area contributed by atoms with E-state index in [-0.39, 0.29) is 18.1 Å². The maximum absolute atomic E-state index is 13.4. The van der Waals surface area contributed by atoms with E-state index in [1.54, 1.807) is 13.3 Å². The van der Waals surface area contributed by atoms with Crippen LogP contribution in [-0.4, -0.2) is 56.5 Å². The molecule has 1 saturated heterocycles. The molecule has 2 aliphatic heterocycles. The highest BCUT2D eigenvalue weighted by Gasteiger charge is 2.31. The molecule has 0 spiro atoms. The largest absolute Gasteiger partial charge is 0.382 e. The fourth-order valence-corrected chi connectivity index (χ4v) is 4.01. The lowest BCUT2D eigenvalue weighted by molar-refractivity contribution is -0.0513. The Morgan fingerprint density at radius 1 is 1.26 bits per heavy atom.